The minimum absolute atomic E-state index is 0.639. The highest BCUT2D eigenvalue weighted by Crippen LogP contribution is 2.42. The second kappa shape index (κ2) is 11.8. The topological polar surface area (TPSA) is 61.9 Å². The van der Waals surface area contributed by atoms with E-state index < -0.39 is 0 Å². The third kappa shape index (κ3) is 4.37. The fraction of sp³-hybridized carbons (Fsp3) is 0. The van der Waals surface area contributed by atoms with Gasteiger partial charge >= 0.3 is 0 Å². The van der Waals surface area contributed by atoms with Gasteiger partial charge in [0.2, 0.25) is 0 Å². The van der Waals surface area contributed by atoms with Gasteiger partial charge < -0.3 is 13.4 Å². The summed E-state index contributed by atoms with van der Waals surface area (Å²) in [4.78, 5) is 9.77. The van der Waals surface area contributed by atoms with E-state index in [-0.39, 0.29) is 0 Å². The summed E-state index contributed by atoms with van der Waals surface area (Å²) in [5.74, 6) is 0.701. The summed E-state index contributed by atoms with van der Waals surface area (Å²) in [6.07, 6.45) is 1.65. The molecule has 0 aliphatic rings. The first-order valence-corrected chi connectivity index (χ1v) is 19.5. The molecule has 0 amide bonds. The number of benzene rings is 8. The SMILES string of the molecule is c1ccc(-n2c3ccccc3c3cc(-c4ccc5c6ccccc6n(-c6ncnc7c6oc6ccc(-c8cccc9c8oc8ccccc89)cc67)c5c4)ccc32)cc1. The smallest absolute Gasteiger partial charge is 0.197 e. The maximum absolute atomic E-state index is 6.70. The summed E-state index contributed by atoms with van der Waals surface area (Å²) in [7, 11) is 0. The molecule has 0 saturated heterocycles. The number of furan rings is 2. The van der Waals surface area contributed by atoms with Crippen LogP contribution >= 0.6 is 0 Å². The lowest BCUT2D eigenvalue weighted by Crippen LogP contribution is -1.98. The Morgan fingerprint density at radius 3 is 1.86 bits per heavy atom. The van der Waals surface area contributed by atoms with Gasteiger partial charge in [-0.25, -0.2) is 9.97 Å². The molecule has 8 aromatic carbocycles. The molecule has 0 N–H and O–H groups in total. The fourth-order valence-electron chi connectivity index (χ4n) is 9.25. The van der Waals surface area contributed by atoms with Crippen molar-refractivity contribution in [3.8, 4) is 33.8 Å². The van der Waals surface area contributed by atoms with Crippen LogP contribution in [0.3, 0.4) is 0 Å². The first-order valence-electron chi connectivity index (χ1n) is 19.5. The third-order valence-electron chi connectivity index (χ3n) is 11.9. The fourth-order valence-corrected chi connectivity index (χ4v) is 9.25. The molecular formula is C52H30N4O2. The minimum Gasteiger partial charge on any atom is -0.455 e. The predicted molar refractivity (Wildman–Crippen MR) is 236 cm³/mol. The molecule has 6 nitrogen and oxygen atoms in total. The van der Waals surface area contributed by atoms with Gasteiger partial charge in [-0.05, 0) is 77.4 Å². The molecule has 58 heavy (non-hydrogen) atoms. The predicted octanol–water partition coefficient (Wildman–Crippen LogP) is 13.8. The Labute approximate surface area is 330 Å². The van der Waals surface area contributed by atoms with Crippen LogP contribution in [-0.2, 0) is 0 Å². The van der Waals surface area contributed by atoms with Gasteiger partial charge in [0.1, 0.15) is 28.6 Å². The van der Waals surface area contributed by atoms with Gasteiger partial charge in [0, 0.05) is 49.0 Å². The van der Waals surface area contributed by atoms with E-state index in [2.05, 4.69) is 167 Å². The van der Waals surface area contributed by atoms with Crippen LogP contribution in [0.2, 0.25) is 0 Å². The number of aromatic nitrogens is 4. The highest BCUT2D eigenvalue weighted by Gasteiger charge is 2.22. The number of fused-ring (bicyclic) bond motifs is 12. The van der Waals surface area contributed by atoms with Crippen LogP contribution < -0.4 is 0 Å². The molecule has 13 rings (SSSR count). The first kappa shape index (κ1) is 31.3. The van der Waals surface area contributed by atoms with Gasteiger partial charge in [-0.2, -0.15) is 0 Å². The number of hydrogen-bond donors (Lipinski definition) is 0. The summed E-state index contributed by atoms with van der Waals surface area (Å²) in [6.45, 7) is 0. The maximum atomic E-state index is 6.70. The maximum Gasteiger partial charge on any atom is 0.197 e. The van der Waals surface area contributed by atoms with Crippen LogP contribution in [-0.4, -0.2) is 19.1 Å². The highest BCUT2D eigenvalue weighted by atomic mass is 16.3. The molecule has 5 aromatic heterocycles. The second-order valence-electron chi connectivity index (χ2n) is 15.0. The lowest BCUT2D eigenvalue weighted by atomic mass is 10.0. The molecule has 0 saturated carbocycles. The average Bonchev–Trinajstić information content (AvgIpc) is 4.04. The summed E-state index contributed by atoms with van der Waals surface area (Å²) >= 11 is 0. The van der Waals surface area contributed by atoms with Crippen molar-refractivity contribution < 1.29 is 8.83 Å². The van der Waals surface area contributed by atoms with Gasteiger partial charge in [0.05, 0.1) is 22.1 Å². The van der Waals surface area contributed by atoms with Crippen molar-refractivity contribution in [1.82, 2.24) is 19.1 Å². The molecule has 0 bridgehead atoms. The van der Waals surface area contributed by atoms with Crippen molar-refractivity contribution in [1.29, 1.82) is 0 Å². The Balaban J connectivity index is 0.998. The highest BCUT2D eigenvalue weighted by molar-refractivity contribution is 6.15. The third-order valence-corrected chi connectivity index (χ3v) is 11.9. The molecule has 0 aliphatic carbocycles. The molecule has 5 heterocycles. The van der Waals surface area contributed by atoms with E-state index in [0.717, 1.165) is 88.2 Å². The summed E-state index contributed by atoms with van der Waals surface area (Å²) in [5, 5.41) is 7.86. The molecule has 0 unspecified atom stereocenters. The van der Waals surface area contributed by atoms with E-state index in [1.807, 2.05) is 18.2 Å². The van der Waals surface area contributed by atoms with Gasteiger partial charge in [-0.15, -0.1) is 0 Å². The molecule has 6 heteroatoms. The van der Waals surface area contributed by atoms with Crippen LogP contribution in [0.15, 0.2) is 191 Å². The quantitative estimate of drug-likeness (QED) is 0.180. The monoisotopic (exact) mass is 742 g/mol. The van der Waals surface area contributed by atoms with Crippen molar-refractivity contribution in [2.75, 3.05) is 0 Å². The zero-order valence-electron chi connectivity index (χ0n) is 30.9. The molecule has 0 fully saturated rings. The molecule has 270 valence electrons. The van der Waals surface area contributed by atoms with Crippen LogP contribution in [0, 0.1) is 0 Å². The summed E-state index contributed by atoms with van der Waals surface area (Å²) < 4.78 is 17.7. The Bertz CT molecular complexity index is 3810. The Morgan fingerprint density at radius 2 is 0.983 bits per heavy atom. The lowest BCUT2D eigenvalue weighted by molar-refractivity contribution is 0.662. The van der Waals surface area contributed by atoms with Crippen molar-refractivity contribution in [2.24, 2.45) is 0 Å². The normalized spacial score (nSPS) is 12.1. The van der Waals surface area contributed by atoms with Crippen LogP contribution in [0.5, 0.6) is 0 Å². The first-order chi connectivity index (χ1) is 28.8. The van der Waals surface area contributed by atoms with E-state index in [4.69, 9.17) is 18.8 Å². The molecule has 0 atom stereocenters. The minimum atomic E-state index is 0.639. The number of nitrogens with zero attached hydrogens (tertiary/aromatic N) is 4. The Morgan fingerprint density at radius 1 is 0.362 bits per heavy atom. The van der Waals surface area contributed by atoms with Crippen molar-refractivity contribution >= 4 is 87.6 Å². The lowest BCUT2D eigenvalue weighted by Gasteiger charge is -2.09. The van der Waals surface area contributed by atoms with Crippen LogP contribution in [0.4, 0.5) is 0 Å². The van der Waals surface area contributed by atoms with E-state index >= 15 is 0 Å². The molecule has 13 aromatic rings. The zero-order chi connectivity index (χ0) is 37.9. The number of hydrogen-bond acceptors (Lipinski definition) is 4. The van der Waals surface area contributed by atoms with E-state index in [1.165, 1.54) is 21.8 Å². The second-order valence-corrected chi connectivity index (χ2v) is 15.0. The van der Waals surface area contributed by atoms with Crippen LogP contribution in [0.25, 0.3) is 121 Å². The van der Waals surface area contributed by atoms with Gasteiger partial charge in [0.15, 0.2) is 11.4 Å². The van der Waals surface area contributed by atoms with E-state index in [0.29, 0.717) is 11.4 Å². The van der Waals surface area contributed by atoms with Crippen LogP contribution in [0.1, 0.15) is 0 Å². The van der Waals surface area contributed by atoms with Gasteiger partial charge in [-0.1, -0.05) is 115 Å². The molecular weight excluding hydrogens is 713 g/mol. The number of para-hydroxylation sites is 5. The van der Waals surface area contributed by atoms with E-state index in [9.17, 15) is 0 Å². The number of rotatable bonds is 4. The largest absolute Gasteiger partial charge is 0.455 e. The average molecular weight is 743 g/mol. The molecule has 0 radical (unpaired) electrons. The van der Waals surface area contributed by atoms with Gasteiger partial charge in [-0.3, -0.25) is 4.57 Å². The van der Waals surface area contributed by atoms with Gasteiger partial charge in [0.25, 0.3) is 0 Å². The van der Waals surface area contributed by atoms with Crippen molar-refractivity contribution in [3.05, 3.63) is 182 Å². The summed E-state index contributed by atoms with van der Waals surface area (Å²) in [6, 6.07) is 62.1. The Hall–Kier alpha value is -7.96. The Kier molecular flexibility index (Phi) is 6.35. The molecule has 0 aliphatic heterocycles. The standard InChI is InChI=1S/C52H30N4O2/c1-2-11-34(12-3-1)55-43-18-7-5-14-37(43)41-27-31(22-25-45(41)55)32-21-24-38-36-13-4-8-19-44(36)56(46(38)29-32)52-51-49(53-30-54-52)42-28-33(23-26-48(42)58-51)35-16-10-17-40-39-15-6-9-20-47(39)57-50(35)40/h1-30H. The summed E-state index contributed by atoms with van der Waals surface area (Å²) in [5.41, 5.74) is 13.8. The zero-order valence-corrected chi connectivity index (χ0v) is 30.9. The molecule has 0 spiro atoms. The van der Waals surface area contributed by atoms with Crippen molar-refractivity contribution in [2.45, 2.75) is 0 Å². The van der Waals surface area contributed by atoms with Crippen molar-refractivity contribution in [3.63, 3.8) is 0 Å². The van der Waals surface area contributed by atoms with E-state index in [1.54, 1.807) is 6.33 Å².